The molecule has 1 unspecified atom stereocenters. The highest BCUT2D eigenvalue weighted by Crippen LogP contribution is 2.28. The van der Waals surface area contributed by atoms with Crippen LogP contribution in [0.4, 0.5) is 5.13 Å². The van der Waals surface area contributed by atoms with E-state index in [2.05, 4.69) is 14.1 Å². The van der Waals surface area contributed by atoms with Crippen molar-refractivity contribution in [1.29, 1.82) is 0 Å². The van der Waals surface area contributed by atoms with Crippen LogP contribution in [0.15, 0.2) is 0 Å². The molecular weight excluding hydrogens is 254 g/mol. The molecule has 1 aromatic heterocycles. The molecule has 1 aliphatic heterocycles. The van der Waals surface area contributed by atoms with Gasteiger partial charge < -0.3 is 4.74 Å². The number of methoxy groups -OCH3 is 1. The van der Waals surface area contributed by atoms with E-state index in [0.29, 0.717) is 11.7 Å². The highest BCUT2D eigenvalue weighted by atomic mass is 32.1. The number of hydrogen-bond donors (Lipinski definition) is 0. The van der Waals surface area contributed by atoms with Crippen LogP contribution in [-0.4, -0.2) is 34.9 Å². The highest BCUT2D eigenvalue weighted by Gasteiger charge is 2.37. The number of carbonyl (C=O) groups excluding carboxylic acids is 2. The van der Waals surface area contributed by atoms with Crippen LogP contribution >= 0.6 is 11.5 Å². The van der Waals surface area contributed by atoms with Gasteiger partial charge in [0.2, 0.25) is 11.0 Å². The summed E-state index contributed by atoms with van der Waals surface area (Å²) in [7, 11) is 1.33. The van der Waals surface area contributed by atoms with E-state index in [1.54, 1.807) is 0 Å². The topological polar surface area (TPSA) is 72.4 Å². The number of esters is 1. The van der Waals surface area contributed by atoms with Crippen LogP contribution < -0.4 is 4.90 Å². The lowest BCUT2D eigenvalue weighted by Crippen LogP contribution is -2.26. The van der Waals surface area contributed by atoms with Crippen LogP contribution in [0.5, 0.6) is 0 Å². The van der Waals surface area contributed by atoms with Crippen molar-refractivity contribution >= 4 is 28.5 Å². The predicted molar refractivity (Wildman–Crippen MR) is 66.5 cm³/mol. The average molecular weight is 269 g/mol. The molecule has 0 bridgehead atoms. The number of aromatic nitrogens is 2. The number of ether oxygens (including phenoxy) is 1. The molecule has 2 rings (SSSR count). The molecule has 2 heterocycles. The molecule has 0 aromatic carbocycles. The van der Waals surface area contributed by atoms with Crippen molar-refractivity contribution in [2.24, 2.45) is 5.92 Å². The standard InChI is InChI=1S/C11H15N3O3S/c1-6(2)9-12-11(18-13-9)14-5-7(4-8(14)15)10(16)17-3/h6-7H,4-5H2,1-3H3. The lowest BCUT2D eigenvalue weighted by molar-refractivity contribution is -0.145. The molecule has 1 aliphatic rings. The van der Waals surface area contributed by atoms with Gasteiger partial charge in [0.25, 0.3) is 0 Å². The molecule has 1 atom stereocenters. The fourth-order valence-corrected chi connectivity index (χ4v) is 2.62. The third-order valence-corrected chi connectivity index (χ3v) is 3.59. The van der Waals surface area contributed by atoms with Gasteiger partial charge in [-0.25, -0.2) is 4.98 Å². The van der Waals surface area contributed by atoms with E-state index in [0.717, 1.165) is 5.82 Å². The molecule has 98 valence electrons. The van der Waals surface area contributed by atoms with Gasteiger partial charge in [0.15, 0.2) is 0 Å². The normalized spacial score (nSPS) is 19.7. The molecule has 18 heavy (non-hydrogen) atoms. The van der Waals surface area contributed by atoms with Gasteiger partial charge in [0.05, 0.1) is 13.0 Å². The SMILES string of the molecule is COC(=O)C1CC(=O)N(c2nc(C(C)C)ns2)C1. The van der Waals surface area contributed by atoms with Crippen molar-refractivity contribution < 1.29 is 14.3 Å². The summed E-state index contributed by atoms with van der Waals surface area (Å²) < 4.78 is 8.86. The molecular formula is C11H15N3O3S. The molecule has 0 N–H and O–H groups in total. The van der Waals surface area contributed by atoms with Crippen molar-refractivity contribution in [3.63, 3.8) is 0 Å². The first-order valence-corrected chi connectivity index (χ1v) is 6.52. The van der Waals surface area contributed by atoms with Crippen molar-refractivity contribution in [3.05, 3.63) is 5.82 Å². The monoisotopic (exact) mass is 269 g/mol. The minimum absolute atomic E-state index is 0.100. The third-order valence-electron chi connectivity index (χ3n) is 2.84. The van der Waals surface area contributed by atoms with Gasteiger partial charge in [0.1, 0.15) is 5.82 Å². The van der Waals surface area contributed by atoms with Gasteiger partial charge in [-0.2, -0.15) is 4.37 Å². The van der Waals surface area contributed by atoms with E-state index in [1.165, 1.54) is 23.5 Å². The Labute approximate surface area is 109 Å². The first-order chi connectivity index (χ1) is 8.52. The van der Waals surface area contributed by atoms with Crippen LogP contribution in [0.2, 0.25) is 0 Å². The number of nitrogens with zero attached hydrogens (tertiary/aromatic N) is 3. The van der Waals surface area contributed by atoms with Gasteiger partial charge in [0, 0.05) is 30.4 Å². The van der Waals surface area contributed by atoms with E-state index in [1.807, 2.05) is 13.8 Å². The highest BCUT2D eigenvalue weighted by molar-refractivity contribution is 7.09. The summed E-state index contributed by atoms with van der Waals surface area (Å²) in [6, 6.07) is 0. The summed E-state index contributed by atoms with van der Waals surface area (Å²) in [6.45, 7) is 4.32. The Bertz CT molecular complexity index is 472. The molecule has 0 radical (unpaired) electrons. The first kappa shape index (κ1) is 12.9. The molecule has 1 saturated heterocycles. The largest absolute Gasteiger partial charge is 0.469 e. The minimum Gasteiger partial charge on any atom is -0.469 e. The Hall–Kier alpha value is -1.50. The second-order valence-corrected chi connectivity index (χ2v) is 5.25. The Balaban J connectivity index is 2.14. The summed E-state index contributed by atoms with van der Waals surface area (Å²) in [4.78, 5) is 29.1. The summed E-state index contributed by atoms with van der Waals surface area (Å²) in [5, 5.41) is 0.565. The van der Waals surface area contributed by atoms with Crippen LogP contribution in [0.3, 0.4) is 0 Å². The van der Waals surface area contributed by atoms with Crippen molar-refractivity contribution in [1.82, 2.24) is 9.36 Å². The van der Waals surface area contributed by atoms with E-state index < -0.39 is 5.92 Å². The lowest BCUT2D eigenvalue weighted by Gasteiger charge is -2.11. The van der Waals surface area contributed by atoms with Crippen molar-refractivity contribution in [2.45, 2.75) is 26.2 Å². The van der Waals surface area contributed by atoms with E-state index >= 15 is 0 Å². The van der Waals surface area contributed by atoms with Crippen LogP contribution in [0.25, 0.3) is 0 Å². The number of amides is 1. The zero-order valence-electron chi connectivity index (χ0n) is 10.5. The van der Waals surface area contributed by atoms with E-state index in [-0.39, 0.29) is 24.2 Å². The maximum Gasteiger partial charge on any atom is 0.311 e. The Kier molecular flexibility index (Phi) is 3.60. The summed E-state index contributed by atoms with van der Waals surface area (Å²) in [5.74, 6) is 0.110. The Morgan fingerprint density at radius 3 is 2.83 bits per heavy atom. The maximum absolute atomic E-state index is 11.8. The fourth-order valence-electron chi connectivity index (χ4n) is 1.79. The zero-order chi connectivity index (χ0) is 13.3. The van der Waals surface area contributed by atoms with Gasteiger partial charge in [-0.05, 0) is 0 Å². The van der Waals surface area contributed by atoms with E-state index in [9.17, 15) is 9.59 Å². The van der Waals surface area contributed by atoms with Crippen LogP contribution in [-0.2, 0) is 14.3 Å². The van der Waals surface area contributed by atoms with Gasteiger partial charge >= 0.3 is 5.97 Å². The van der Waals surface area contributed by atoms with Gasteiger partial charge in [-0.15, -0.1) is 0 Å². The summed E-state index contributed by atoms with van der Waals surface area (Å²) >= 11 is 1.19. The van der Waals surface area contributed by atoms with Gasteiger partial charge in [-0.3, -0.25) is 14.5 Å². The van der Waals surface area contributed by atoms with Crippen LogP contribution in [0, 0.1) is 5.92 Å². The molecule has 6 nitrogen and oxygen atoms in total. The quantitative estimate of drug-likeness (QED) is 0.771. The Morgan fingerprint density at radius 2 is 2.28 bits per heavy atom. The first-order valence-electron chi connectivity index (χ1n) is 5.74. The lowest BCUT2D eigenvalue weighted by atomic mass is 10.1. The number of carbonyl (C=O) groups is 2. The fraction of sp³-hybridized carbons (Fsp3) is 0.636. The minimum atomic E-state index is -0.395. The molecule has 0 spiro atoms. The molecule has 7 heteroatoms. The van der Waals surface area contributed by atoms with Crippen molar-refractivity contribution in [3.8, 4) is 0 Å². The molecule has 1 amide bonds. The summed E-state index contributed by atoms with van der Waals surface area (Å²) in [6.07, 6.45) is 0.184. The number of rotatable bonds is 3. The summed E-state index contributed by atoms with van der Waals surface area (Å²) in [5.41, 5.74) is 0. The van der Waals surface area contributed by atoms with Gasteiger partial charge in [-0.1, -0.05) is 13.8 Å². The molecule has 0 saturated carbocycles. The molecule has 0 aliphatic carbocycles. The smallest absolute Gasteiger partial charge is 0.311 e. The Morgan fingerprint density at radius 1 is 1.56 bits per heavy atom. The molecule has 1 fully saturated rings. The second-order valence-electron chi connectivity index (χ2n) is 4.52. The average Bonchev–Trinajstić information content (AvgIpc) is 2.94. The maximum atomic E-state index is 11.8. The second kappa shape index (κ2) is 5.01. The predicted octanol–water partition coefficient (Wildman–Crippen LogP) is 1.19. The third kappa shape index (κ3) is 2.35. The molecule has 1 aromatic rings. The zero-order valence-corrected chi connectivity index (χ0v) is 11.4. The number of hydrogen-bond acceptors (Lipinski definition) is 6. The van der Waals surface area contributed by atoms with Crippen LogP contribution in [0.1, 0.15) is 32.0 Å². The van der Waals surface area contributed by atoms with Crippen molar-refractivity contribution in [2.75, 3.05) is 18.6 Å². The van der Waals surface area contributed by atoms with E-state index in [4.69, 9.17) is 0 Å². The number of anilines is 1.